The standard InChI is InChI=1S/C32H34N2O5/c1-4-39-27-15-10-22(19-26(27)20(2)3)30(36)28-29(21-8-7-9-25(35)18-21)34(32(38)31(28)37)24-13-11-23(12-14-24)33-16-5-6-17-33/h7-15,18-20,29,35-36H,4-6,16-17H2,1-3H3/b30-28-. The van der Waals surface area contributed by atoms with Crippen molar-refractivity contribution in [1.82, 2.24) is 0 Å². The number of hydrogen-bond acceptors (Lipinski definition) is 6. The second-order valence-electron chi connectivity index (χ2n) is 10.3. The molecule has 3 aromatic carbocycles. The van der Waals surface area contributed by atoms with Crippen molar-refractivity contribution in [3.63, 3.8) is 0 Å². The van der Waals surface area contributed by atoms with Gasteiger partial charge in [0.1, 0.15) is 17.3 Å². The highest BCUT2D eigenvalue weighted by Gasteiger charge is 2.47. The number of nitrogens with zero attached hydrogens (tertiary/aromatic N) is 2. The Morgan fingerprint density at radius 2 is 1.67 bits per heavy atom. The Balaban J connectivity index is 1.63. The van der Waals surface area contributed by atoms with E-state index in [0.717, 1.165) is 37.2 Å². The zero-order valence-electron chi connectivity index (χ0n) is 22.6. The first-order valence-corrected chi connectivity index (χ1v) is 13.5. The lowest BCUT2D eigenvalue weighted by molar-refractivity contribution is -0.132. The van der Waals surface area contributed by atoms with Gasteiger partial charge in [-0.25, -0.2) is 0 Å². The molecular formula is C32H34N2O5. The number of ketones is 1. The predicted molar refractivity (Wildman–Crippen MR) is 152 cm³/mol. The molecule has 202 valence electrons. The van der Waals surface area contributed by atoms with Crippen LogP contribution in [-0.2, 0) is 9.59 Å². The van der Waals surface area contributed by atoms with Crippen LogP contribution in [-0.4, -0.2) is 41.6 Å². The maximum atomic E-state index is 13.5. The second kappa shape index (κ2) is 10.8. The van der Waals surface area contributed by atoms with Crippen LogP contribution in [0.25, 0.3) is 5.76 Å². The van der Waals surface area contributed by atoms with Gasteiger partial charge in [-0.3, -0.25) is 14.5 Å². The zero-order chi connectivity index (χ0) is 27.7. The molecule has 2 heterocycles. The molecule has 1 atom stereocenters. The first kappa shape index (κ1) is 26.4. The molecule has 5 rings (SSSR count). The largest absolute Gasteiger partial charge is 0.508 e. The van der Waals surface area contributed by atoms with E-state index in [9.17, 15) is 19.8 Å². The highest BCUT2D eigenvalue weighted by atomic mass is 16.5. The number of anilines is 2. The van der Waals surface area contributed by atoms with Crippen LogP contribution in [0.3, 0.4) is 0 Å². The van der Waals surface area contributed by atoms with E-state index in [0.29, 0.717) is 29.2 Å². The predicted octanol–water partition coefficient (Wildman–Crippen LogP) is 6.14. The monoisotopic (exact) mass is 526 g/mol. The Labute approximate surface area is 228 Å². The van der Waals surface area contributed by atoms with E-state index in [-0.39, 0.29) is 23.0 Å². The third-order valence-electron chi connectivity index (χ3n) is 7.43. The molecule has 0 spiro atoms. The molecule has 7 heteroatoms. The number of carbonyl (C=O) groups is 2. The van der Waals surface area contributed by atoms with Crippen LogP contribution >= 0.6 is 0 Å². The molecule has 2 aliphatic rings. The minimum atomic E-state index is -0.913. The van der Waals surface area contributed by atoms with Gasteiger partial charge in [-0.2, -0.15) is 0 Å². The Hall–Kier alpha value is -4.26. The van der Waals surface area contributed by atoms with Crippen molar-refractivity contribution in [2.24, 2.45) is 0 Å². The lowest BCUT2D eigenvalue weighted by Crippen LogP contribution is -2.29. The van der Waals surface area contributed by atoms with Gasteiger partial charge in [-0.1, -0.05) is 26.0 Å². The van der Waals surface area contributed by atoms with Gasteiger partial charge in [0, 0.05) is 30.0 Å². The van der Waals surface area contributed by atoms with E-state index in [1.807, 2.05) is 51.1 Å². The summed E-state index contributed by atoms with van der Waals surface area (Å²) < 4.78 is 5.76. The third kappa shape index (κ3) is 4.97. The van der Waals surface area contributed by atoms with E-state index in [1.54, 1.807) is 24.3 Å². The molecule has 1 amide bonds. The normalized spacial score (nSPS) is 18.8. The highest BCUT2D eigenvalue weighted by molar-refractivity contribution is 6.51. The molecule has 1 unspecified atom stereocenters. The molecule has 3 aromatic rings. The molecule has 0 bridgehead atoms. The number of ether oxygens (including phenoxy) is 1. The molecule has 2 fully saturated rings. The van der Waals surface area contributed by atoms with Crippen molar-refractivity contribution < 1.29 is 24.5 Å². The second-order valence-corrected chi connectivity index (χ2v) is 10.3. The number of aliphatic hydroxyl groups excluding tert-OH is 1. The van der Waals surface area contributed by atoms with Crippen LogP contribution < -0.4 is 14.5 Å². The quantitative estimate of drug-likeness (QED) is 0.218. The van der Waals surface area contributed by atoms with Crippen molar-refractivity contribution in [2.45, 2.75) is 45.6 Å². The van der Waals surface area contributed by atoms with Gasteiger partial charge in [0.15, 0.2) is 0 Å². The van der Waals surface area contributed by atoms with E-state index in [1.165, 1.54) is 17.0 Å². The number of amides is 1. The Bertz CT molecular complexity index is 1420. The van der Waals surface area contributed by atoms with Gasteiger partial charge in [0.05, 0.1) is 18.2 Å². The number of carbonyl (C=O) groups excluding carboxylic acids is 2. The Morgan fingerprint density at radius 1 is 0.974 bits per heavy atom. The fourth-order valence-corrected chi connectivity index (χ4v) is 5.50. The van der Waals surface area contributed by atoms with Gasteiger partial charge in [0.2, 0.25) is 0 Å². The van der Waals surface area contributed by atoms with Crippen LogP contribution in [0, 0.1) is 0 Å². The van der Waals surface area contributed by atoms with E-state index in [4.69, 9.17) is 4.74 Å². The third-order valence-corrected chi connectivity index (χ3v) is 7.43. The first-order valence-electron chi connectivity index (χ1n) is 13.5. The van der Waals surface area contributed by atoms with Crippen LogP contribution in [0.2, 0.25) is 0 Å². The number of rotatable bonds is 7. The number of benzene rings is 3. The average molecular weight is 527 g/mol. The van der Waals surface area contributed by atoms with E-state index >= 15 is 0 Å². The Kier molecular flexibility index (Phi) is 7.33. The van der Waals surface area contributed by atoms with Crippen LogP contribution in [0.4, 0.5) is 11.4 Å². The summed E-state index contributed by atoms with van der Waals surface area (Å²) in [6.07, 6.45) is 2.30. The minimum absolute atomic E-state index is 0.00521. The molecule has 0 saturated carbocycles. The number of hydrogen-bond donors (Lipinski definition) is 2. The van der Waals surface area contributed by atoms with E-state index in [2.05, 4.69) is 4.90 Å². The maximum Gasteiger partial charge on any atom is 0.300 e. The number of phenols is 1. The summed E-state index contributed by atoms with van der Waals surface area (Å²) in [6, 6.07) is 18.4. The highest BCUT2D eigenvalue weighted by Crippen LogP contribution is 2.43. The van der Waals surface area contributed by atoms with Crippen molar-refractivity contribution in [3.05, 3.63) is 89.0 Å². The molecule has 2 N–H and O–H groups in total. The van der Waals surface area contributed by atoms with Gasteiger partial charge in [0.25, 0.3) is 11.7 Å². The van der Waals surface area contributed by atoms with Crippen LogP contribution in [0.5, 0.6) is 11.5 Å². The molecule has 0 aromatic heterocycles. The molecule has 7 nitrogen and oxygen atoms in total. The summed E-state index contributed by atoms with van der Waals surface area (Å²) in [4.78, 5) is 30.8. The lowest BCUT2D eigenvalue weighted by Gasteiger charge is -2.26. The summed E-state index contributed by atoms with van der Waals surface area (Å²) >= 11 is 0. The summed E-state index contributed by atoms with van der Waals surface area (Å²) in [5.74, 6) is -0.934. The molecule has 0 radical (unpaired) electrons. The summed E-state index contributed by atoms with van der Waals surface area (Å²) in [5, 5.41) is 21.8. The van der Waals surface area contributed by atoms with Gasteiger partial charge >= 0.3 is 0 Å². The van der Waals surface area contributed by atoms with Crippen LogP contribution in [0.15, 0.2) is 72.3 Å². The minimum Gasteiger partial charge on any atom is -0.508 e. The molecule has 39 heavy (non-hydrogen) atoms. The summed E-state index contributed by atoms with van der Waals surface area (Å²) in [5.41, 5.74) is 3.43. The molecular weight excluding hydrogens is 492 g/mol. The SMILES string of the molecule is CCOc1ccc(/C(O)=C2/C(=O)C(=O)N(c3ccc(N4CCCC4)cc3)C2c2cccc(O)c2)cc1C(C)C. The average Bonchev–Trinajstić information content (AvgIpc) is 3.56. The number of aliphatic hydroxyl groups is 1. The number of Topliss-reactive ketones (excluding diaryl/α,β-unsaturated/α-hetero) is 1. The van der Waals surface area contributed by atoms with Gasteiger partial charge in [-0.05, 0) is 91.4 Å². The molecule has 2 aliphatic heterocycles. The molecule has 2 saturated heterocycles. The summed E-state index contributed by atoms with van der Waals surface area (Å²) in [7, 11) is 0. The lowest BCUT2D eigenvalue weighted by atomic mass is 9.93. The molecule has 0 aliphatic carbocycles. The van der Waals surface area contributed by atoms with E-state index < -0.39 is 17.7 Å². The maximum absolute atomic E-state index is 13.5. The van der Waals surface area contributed by atoms with Gasteiger partial charge in [-0.15, -0.1) is 0 Å². The summed E-state index contributed by atoms with van der Waals surface area (Å²) in [6.45, 7) is 8.45. The van der Waals surface area contributed by atoms with Crippen molar-refractivity contribution >= 4 is 28.8 Å². The smallest absolute Gasteiger partial charge is 0.300 e. The number of phenolic OH excluding ortho intramolecular Hbond substituents is 1. The van der Waals surface area contributed by atoms with Gasteiger partial charge < -0.3 is 19.8 Å². The zero-order valence-corrected chi connectivity index (χ0v) is 22.6. The van der Waals surface area contributed by atoms with Crippen molar-refractivity contribution in [3.8, 4) is 11.5 Å². The van der Waals surface area contributed by atoms with Crippen molar-refractivity contribution in [1.29, 1.82) is 0 Å². The Morgan fingerprint density at radius 3 is 2.31 bits per heavy atom. The number of aromatic hydroxyl groups is 1. The first-order chi connectivity index (χ1) is 18.8. The van der Waals surface area contributed by atoms with Crippen LogP contribution in [0.1, 0.15) is 62.3 Å². The topological polar surface area (TPSA) is 90.3 Å². The fourth-order valence-electron chi connectivity index (χ4n) is 5.50. The van der Waals surface area contributed by atoms with Crippen molar-refractivity contribution in [2.75, 3.05) is 29.5 Å². The fraction of sp³-hybridized carbons (Fsp3) is 0.312.